The first-order valence-electron chi connectivity index (χ1n) is 7.11. The van der Waals surface area contributed by atoms with E-state index in [0.717, 1.165) is 10.0 Å². The fraction of sp³-hybridized carbons (Fsp3) is 0.235. The van der Waals surface area contributed by atoms with Gasteiger partial charge in [-0.15, -0.1) is 0 Å². The first-order chi connectivity index (χ1) is 10.7. The van der Waals surface area contributed by atoms with Crippen molar-refractivity contribution >= 4 is 22.0 Å². The van der Waals surface area contributed by atoms with Gasteiger partial charge in [-0.25, -0.2) is 4.79 Å². The molecule has 0 aliphatic carbocycles. The number of para-hydroxylation sites is 1. The monoisotopic (exact) mass is 361 g/mol. The summed E-state index contributed by atoms with van der Waals surface area (Å²) in [4.78, 5) is 13.9. The van der Waals surface area contributed by atoms with Crippen molar-refractivity contribution < 1.29 is 14.3 Å². The lowest BCUT2D eigenvalue weighted by atomic mass is 10.1. The first-order valence-corrected chi connectivity index (χ1v) is 7.90. The molecule has 1 aliphatic rings. The molecular formula is C17H16BrNO3. The molecule has 114 valence electrons. The van der Waals surface area contributed by atoms with Crippen molar-refractivity contribution in [3.8, 4) is 5.75 Å². The van der Waals surface area contributed by atoms with Crippen molar-refractivity contribution in [1.82, 2.24) is 4.90 Å². The number of ether oxygens (including phenoxy) is 2. The molecule has 0 aromatic heterocycles. The fourth-order valence-electron chi connectivity index (χ4n) is 2.35. The Morgan fingerprint density at radius 2 is 1.86 bits per heavy atom. The van der Waals surface area contributed by atoms with E-state index in [9.17, 15) is 4.79 Å². The number of morpholine rings is 1. The number of carbonyl (C=O) groups is 1. The van der Waals surface area contributed by atoms with Gasteiger partial charge in [0.25, 0.3) is 0 Å². The first kappa shape index (κ1) is 15.1. The maximum absolute atomic E-state index is 12.2. The number of nitrogens with zero attached hydrogens (tertiary/aromatic N) is 1. The molecule has 0 N–H and O–H groups in total. The average Bonchev–Trinajstić information content (AvgIpc) is 2.56. The van der Waals surface area contributed by atoms with Gasteiger partial charge in [0.2, 0.25) is 0 Å². The zero-order valence-electron chi connectivity index (χ0n) is 11.9. The highest BCUT2D eigenvalue weighted by Gasteiger charge is 2.26. The summed E-state index contributed by atoms with van der Waals surface area (Å²) in [6.07, 6.45) is -0.457. The van der Waals surface area contributed by atoms with E-state index in [1.54, 1.807) is 17.0 Å². The van der Waals surface area contributed by atoms with Gasteiger partial charge in [0.1, 0.15) is 11.9 Å². The number of hydrogen-bond acceptors (Lipinski definition) is 3. The molecular weight excluding hydrogens is 346 g/mol. The van der Waals surface area contributed by atoms with Gasteiger partial charge < -0.3 is 14.4 Å². The lowest BCUT2D eigenvalue weighted by molar-refractivity contribution is -0.0218. The van der Waals surface area contributed by atoms with Gasteiger partial charge in [0, 0.05) is 11.0 Å². The van der Waals surface area contributed by atoms with Crippen LogP contribution in [0.5, 0.6) is 5.75 Å². The second-order valence-corrected chi connectivity index (χ2v) is 5.95. The average molecular weight is 362 g/mol. The smallest absolute Gasteiger partial charge is 0.410 e. The SMILES string of the molecule is O=C(Oc1ccccc1)N1CCO[C@@H](c2ccc(Br)cc2)C1. The molecule has 4 nitrogen and oxygen atoms in total. The molecule has 2 aromatic carbocycles. The number of rotatable bonds is 2. The molecule has 1 amide bonds. The number of benzene rings is 2. The maximum Gasteiger partial charge on any atom is 0.415 e. The van der Waals surface area contributed by atoms with Gasteiger partial charge in [0.05, 0.1) is 13.2 Å². The van der Waals surface area contributed by atoms with Crippen molar-refractivity contribution in [2.45, 2.75) is 6.10 Å². The summed E-state index contributed by atoms with van der Waals surface area (Å²) in [5, 5.41) is 0. The van der Waals surface area contributed by atoms with E-state index < -0.39 is 0 Å². The minimum Gasteiger partial charge on any atom is -0.410 e. The minimum absolute atomic E-state index is 0.120. The van der Waals surface area contributed by atoms with E-state index in [-0.39, 0.29) is 12.2 Å². The predicted octanol–water partition coefficient (Wildman–Crippen LogP) is 4.02. The second kappa shape index (κ2) is 6.94. The van der Waals surface area contributed by atoms with Crippen molar-refractivity contribution in [3.63, 3.8) is 0 Å². The van der Waals surface area contributed by atoms with Crippen LogP contribution in [0.3, 0.4) is 0 Å². The molecule has 1 saturated heterocycles. The maximum atomic E-state index is 12.2. The Morgan fingerprint density at radius 3 is 2.59 bits per heavy atom. The quantitative estimate of drug-likeness (QED) is 0.810. The van der Waals surface area contributed by atoms with Crippen LogP contribution in [-0.4, -0.2) is 30.7 Å². The van der Waals surface area contributed by atoms with Gasteiger partial charge in [0.15, 0.2) is 0 Å². The van der Waals surface area contributed by atoms with Gasteiger partial charge in [-0.2, -0.15) is 0 Å². The molecule has 0 spiro atoms. The van der Waals surface area contributed by atoms with Crippen LogP contribution in [0.15, 0.2) is 59.1 Å². The molecule has 1 atom stereocenters. The third-order valence-electron chi connectivity index (χ3n) is 3.51. The van der Waals surface area contributed by atoms with Crippen LogP contribution in [0.2, 0.25) is 0 Å². The summed E-state index contributed by atoms with van der Waals surface area (Å²) in [6, 6.07) is 17.0. The molecule has 1 aliphatic heterocycles. The van der Waals surface area contributed by atoms with E-state index in [1.807, 2.05) is 42.5 Å². The van der Waals surface area contributed by atoms with Gasteiger partial charge in [-0.3, -0.25) is 0 Å². The highest BCUT2D eigenvalue weighted by atomic mass is 79.9. The van der Waals surface area contributed by atoms with Gasteiger partial charge in [-0.1, -0.05) is 46.3 Å². The number of halogens is 1. The number of hydrogen-bond donors (Lipinski definition) is 0. The Kier molecular flexibility index (Phi) is 4.75. The summed E-state index contributed by atoms with van der Waals surface area (Å²) in [6.45, 7) is 1.54. The summed E-state index contributed by atoms with van der Waals surface area (Å²) in [5.74, 6) is 0.555. The predicted molar refractivity (Wildman–Crippen MR) is 86.9 cm³/mol. The Labute approximate surface area is 137 Å². The standard InChI is InChI=1S/C17H16BrNO3/c18-14-8-6-13(7-9-14)16-12-19(10-11-21-16)17(20)22-15-4-2-1-3-5-15/h1-9,16H,10-12H2/t16-/m1/s1. The molecule has 0 bridgehead atoms. The molecule has 22 heavy (non-hydrogen) atoms. The molecule has 3 rings (SSSR count). The lowest BCUT2D eigenvalue weighted by Gasteiger charge is -2.32. The zero-order valence-corrected chi connectivity index (χ0v) is 13.5. The molecule has 0 radical (unpaired) electrons. The Bertz CT molecular complexity index is 630. The Balaban J connectivity index is 1.65. The molecule has 1 fully saturated rings. The van der Waals surface area contributed by atoms with Crippen LogP contribution in [0.4, 0.5) is 4.79 Å². The summed E-state index contributed by atoms with van der Waals surface area (Å²) in [5.41, 5.74) is 1.06. The topological polar surface area (TPSA) is 38.8 Å². The van der Waals surface area contributed by atoms with E-state index in [0.29, 0.717) is 25.4 Å². The van der Waals surface area contributed by atoms with Gasteiger partial charge in [-0.05, 0) is 29.8 Å². The van der Waals surface area contributed by atoms with Crippen LogP contribution >= 0.6 is 15.9 Å². The Hall–Kier alpha value is -1.85. The van der Waals surface area contributed by atoms with Crippen molar-refractivity contribution in [1.29, 1.82) is 0 Å². The van der Waals surface area contributed by atoms with Crippen LogP contribution in [0.25, 0.3) is 0 Å². The molecule has 0 saturated carbocycles. The van der Waals surface area contributed by atoms with Gasteiger partial charge >= 0.3 is 6.09 Å². The van der Waals surface area contributed by atoms with Crippen molar-refractivity contribution in [2.75, 3.05) is 19.7 Å². The van der Waals surface area contributed by atoms with Crippen molar-refractivity contribution in [2.24, 2.45) is 0 Å². The summed E-state index contributed by atoms with van der Waals surface area (Å²) >= 11 is 3.42. The second-order valence-electron chi connectivity index (χ2n) is 5.04. The van der Waals surface area contributed by atoms with Crippen LogP contribution in [0.1, 0.15) is 11.7 Å². The van der Waals surface area contributed by atoms with Crippen molar-refractivity contribution in [3.05, 3.63) is 64.6 Å². The summed E-state index contributed by atoms with van der Waals surface area (Å²) < 4.78 is 12.2. The third kappa shape index (κ3) is 3.67. The normalized spacial score (nSPS) is 18.0. The van der Waals surface area contributed by atoms with Crippen LogP contribution in [0, 0.1) is 0 Å². The highest BCUT2D eigenvalue weighted by molar-refractivity contribution is 9.10. The number of amides is 1. The third-order valence-corrected chi connectivity index (χ3v) is 4.04. The lowest BCUT2D eigenvalue weighted by Crippen LogP contribution is -2.43. The molecule has 1 heterocycles. The Morgan fingerprint density at radius 1 is 1.14 bits per heavy atom. The van der Waals surface area contributed by atoms with E-state index in [1.165, 1.54) is 0 Å². The summed E-state index contributed by atoms with van der Waals surface area (Å²) in [7, 11) is 0. The van der Waals surface area contributed by atoms with Crippen LogP contribution in [-0.2, 0) is 4.74 Å². The fourth-order valence-corrected chi connectivity index (χ4v) is 2.61. The zero-order chi connectivity index (χ0) is 15.4. The van der Waals surface area contributed by atoms with E-state index in [2.05, 4.69) is 15.9 Å². The van der Waals surface area contributed by atoms with E-state index in [4.69, 9.17) is 9.47 Å². The van der Waals surface area contributed by atoms with Crippen LogP contribution < -0.4 is 4.74 Å². The highest BCUT2D eigenvalue weighted by Crippen LogP contribution is 2.24. The molecule has 5 heteroatoms. The minimum atomic E-state index is -0.336. The molecule has 0 unspecified atom stereocenters. The van der Waals surface area contributed by atoms with E-state index >= 15 is 0 Å². The largest absolute Gasteiger partial charge is 0.415 e. The molecule has 2 aromatic rings. The number of carbonyl (C=O) groups excluding carboxylic acids is 1.